The SMILES string of the molecule is Cc1nn(-c2ccc(F)cc2F)c2ncn(/N=C\c3ccc(OC4OC(CO)C(O)C(O)C4O)cc3)c(=N)c12. The molecule has 14 heteroatoms. The van der Waals surface area contributed by atoms with E-state index >= 15 is 0 Å². The first kappa shape index (κ1) is 26.5. The molecule has 1 aliphatic heterocycles. The lowest BCUT2D eigenvalue weighted by Gasteiger charge is -2.39. The molecular formula is C25H24F2N6O6. The Kier molecular flexibility index (Phi) is 7.20. The number of nitrogens with one attached hydrogen (secondary N) is 1. The van der Waals surface area contributed by atoms with Crippen LogP contribution < -0.4 is 10.2 Å². The van der Waals surface area contributed by atoms with E-state index in [2.05, 4.69) is 15.2 Å². The molecule has 1 fully saturated rings. The number of ether oxygens (including phenoxy) is 2. The van der Waals surface area contributed by atoms with Gasteiger partial charge in [0.25, 0.3) is 0 Å². The van der Waals surface area contributed by atoms with Crippen LogP contribution in [0.15, 0.2) is 53.9 Å². The van der Waals surface area contributed by atoms with Crippen LogP contribution in [0.1, 0.15) is 11.3 Å². The summed E-state index contributed by atoms with van der Waals surface area (Å²) >= 11 is 0. The van der Waals surface area contributed by atoms with Gasteiger partial charge in [-0.25, -0.2) is 23.1 Å². The van der Waals surface area contributed by atoms with Crippen LogP contribution in [0.5, 0.6) is 5.75 Å². The zero-order chi connectivity index (χ0) is 27.8. The van der Waals surface area contributed by atoms with Gasteiger partial charge in [0.05, 0.1) is 23.9 Å². The second-order valence-corrected chi connectivity index (χ2v) is 8.86. The van der Waals surface area contributed by atoms with Gasteiger partial charge < -0.3 is 29.9 Å². The Labute approximate surface area is 219 Å². The van der Waals surface area contributed by atoms with E-state index in [0.29, 0.717) is 16.6 Å². The Hall–Kier alpha value is -4.08. The maximum atomic E-state index is 14.3. The molecule has 204 valence electrons. The van der Waals surface area contributed by atoms with Crippen molar-refractivity contribution in [1.82, 2.24) is 19.4 Å². The number of nitrogens with zero attached hydrogens (tertiary/aromatic N) is 5. The fourth-order valence-electron chi connectivity index (χ4n) is 4.16. The smallest absolute Gasteiger partial charge is 0.229 e. The van der Waals surface area contributed by atoms with E-state index in [4.69, 9.17) is 14.9 Å². The molecule has 0 spiro atoms. The minimum Gasteiger partial charge on any atom is -0.462 e. The monoisotopic (exact) mass is 542 g/mol. The molecular weight excluding hydrogens is 518 g/mol. The van der Waals surface area contributed by atoms with Crippen molar-refractivity contribution in [2.75, 3.05) is 6.61 Å². The Balaban J connectivity index is 1.35. The van der Waals surface area contributed by atoms with Crippen molar-refractivity contribution in [2.45, 2.75) is 37.6 Å². The third-order valence-electron chi connectivity index (χ3n) is 6.24. The topological polar surface area (TPSA) is 171 Å². The molecule has 1 aliphatic rings. The quantitative estimate of drug-likeness (QED) is 0.217. The lowest BCUT2D eigenvalue weighted by atomic mass is 9.99. The summed E-state index contributed by atoms with van der Waals surface area (Å²) in [6.07, 6.45) is -4.25. The molecule has 0 radical (unpaired) electrons. The Morgan fingerprint density at radius 1 is 1.10 bits per heavy atom. The first-order valence-corrected chi connectivity index (χ1v) is 11.8. The van der Waals surface area contributed by atoms with Gasteiger partial charge in [0.1, 0.15) is 48.0 Å². The van der Waals surface area contributed by atoms with Crippen molar-refractivity contribution in [1.29, 1.82) is 5.41 Å². The van der Waals surface area contributed by atoms with Gasteiger partial charge in [0, 0.05) is 6.07 Å². The number of aliphatic hydroxyl groups excluding tert-OH is 4. The molecule has 2 aromatic heterocycles. The van der Waals surface area contributed by atoms with Gasteiger partial charge in [-0.05, 0) is 48.9 Å². The second-order valence-electron chi connectivity index (χ2n) is 8.86. The molecule has 0 amide bonds. The lowest BCUT2D eigenvalue weighted by Crippen LogP contribution is -2.60. The number of hydrogen-bond donors (Lipinski definition) is 5. The fraction of sp³-hybridized carbons (Fsp3) is 0.280. The molecule has 5 rings (SSSR count). The molecule has 0 bridgehead atoms. The predicted molar refractivity (Wildman–Crippen MR) is 131 cm³/mol. The predicted octanol–water partition coefficient (Wildman–Crippen LogP) is 0.349. The highest BCUT2D eigenvalue weighted by Crippen LogP contribution is 2.24. The normalized spacial score (nSPS) is 23.5. The van der Waals surface area contributed by atoms with Crippen LogP contribution in [0.3, 0.4) is 0 Å². The van der Waals surface area contributed by atoms with Gasteiger partial charge in [-0.3, -0.25) is 5.41 Å². The molecule has 1 saturated heterocycles. The van der Waals surface area contributed by atoms with Crippen LogP contribution in [0.25, 0.3) is 16.7 Å². The van der Waals surface area contributed by atoms with Crippen LogP contribution >= 0.6 is 0 Å². The highest BCUT2D eigenvalue weighted by atomic mass is 19.1. The van der Waals surface area contributed by atoms with Gasteiger partial charge >= 0.3 is 0 Å². The first-order chi connectivity index (χ1) is 18.7. The summed E-state index contributed by atoms with van der Waals surface area (Å²) in [7, 11) is 0. The standard InChI is InChI=1S/C25H24F2N6O6/c1-12-19-23(28)32(11-29-24(19)33(31-12)17-7-4-14(26)8-16(17)27)30-9-13-2-5-15(6-3-13)38-25-22(37)21(36)20(35)18(10-34)39-25/h2-9,11,18,20-22,25,28,34-37H,10H2,1H3/b28-23?,30-9-. The van der Waals surface area contributed by atoms with Crippen molar-refractivity contribution in [2.24, 2.45) is 5.10 Å². The number of aliphatic hydroxyl groups is 4. The molecule has 39 heavy (non-hydrogen) atoms. The summed E-state index contributed by atoms with van der Waals surface area (Å²) in [6, 6.07) is 9.49. The van der Waals surface area contributed by atoms with E-state index in [1.807, 2.05) is 0 Å². The largest absolute Gasteiger partial charge is 0.462 e. The lowest BCUT2D eigenvalue weighted by molar-refractivity contribution is -0.277. The average molecular weight is 542 g/mol. The molecule has 0 saturated carbocycles. The Morgan fingerprint density at radius 2 is 1.85 bits per heavy atom. The number of fused-ring (bicyclic) bond motifs is 1. The fourth-order valence-corrected chi connectivity index (χ4v) is 4.16. The van der Waals surface area contributed by atoms with Crippen molar-refractivity contribution < 1.29 is 38.7 Å². The van der Waals surface area contributed by atoms with E-state index in [1.54, 1.807) is 31.2 Å². The number of halogens is 2. The van der Waals surface area contributed by atoms with Crippen LogP contribution in [0.4, 0.5) is 8.78 Å². The van der Waals surface area contributed by atoms with Crippen LogP contribution in [0, 0.1) is 24.0 Å². The van der Waals surface area contributed by atoms with Gasteiger partial charge in [-0.2, -0.15) is 10.2 Å². The number of hydrogen-bond acceptors (Lipinski definition) is 10. The van der Waals surface area contributed by atoms with Crippen molar-refractivity contribution >= 4 is 17.2 Å². The summed E-state index contributed by atoms with van der Waals surface area (Å²) in [5, 5.41) is 56.7. The molecule has 0 aliphatic carbocycles. The van der Waals surface area contributed by atoms with Crippen molar-refractivity contribution in [3.05, 3.63) is 77.2 Å². The summed E-state index contributed by atoms with van der Waals surface area (Å²) in [5.41, 5.74) is 1.18. The van der Waals surface area contributed by atoms with Gasteiger partial charge in [-0.1, -0.05) is 0 Å². The maximum absolute atomic E-state index is 14.3. The zero-order valence-corrected chi connectivity index (χ0v) is 20.4. The number of aromatic nitrogens is 4. The van der Waals surface area contributed by atoms with Crippen molar-refractivity contribution in [3.8, 4) is 11.4 Å². The van der Waals surface area contributed by atoms with Gasteiger partial charge in [-0.15, -0.1) is 0 Å². The Morgan fingerprint density at radius 3 is 2.54 bits per heavy atom. The third-order valence-corrected chi connectivity index (χ3v) is 6.24. The maximum Gasteiger partial charge on any atom is 0.229 e. The number of aryl methyl sites for hydroxylation is 1. The highest BCUT2D eigenvalue weighted by Gasteiger charge is 2.44. The molecule has 5 atom stereocenters. The molecule has 2 aromatic carbocycles. The van der Waals surface area contributed by atoms with Crippen molar-refractivity contribution in [3.63, 3.8) is 0 Å². The highest BCUT2D eigenvalue weighted by molar-refractivity contribution is 5.80. The number of rotatable bonds is 6. The van der Waals surface area contributed by atoms with Gasteiger partial charge in [0.2, 0.25) is 6.29 Å². The summed E-state index contributed by atoms with van der Waals surface area (Å²) in [5.74, 6) is -1.26. The van der Waals surface area contributed by atoms with E-state index < -0.39 is 48.9 Å². The molecule has 5 N–H and O–H groups in total. The Bertz CT molecular complexity index is 1590. The van der Waals surface area contributed by atoms with E-state index in [9.17, 15) is 29.2 Å². The third kappa shape index (κ3) is 5.03. The minimum absolute atomic E-state index is 0.00586. The van der Waals surface area contributed by atoms with Crippen LogP contribution in [-0.2, 0) is 4.74 Å². The van der Waals surface area contributed by atoms with Crippen LogP contribution in [0.2, 0.25) is 0 Å². The summed E-state index contributed by atoms with van der Waals surface area (Å²) in [6.45, 7) is 1.07. The van der Waals surface area contributed by atoms with E-state index in [1.165, 1.54) is 28.0 Å². The molecule has 12 nitrogen and oxygen atoms in total. The van der Waals surface area contributed by atoms with Gasteiger partial charge in [0.15, 0.2) is 17.0 Å². The zero-order valence-electron chi connectivity index (χ0n) is 20.4. The molecule has 4 aromatic rings. The average Bonchev–Trinajstić information content (AvgIpc) is 3.26. The first-order valence-electron chi connectivity index (χ1n) is 11.8. The summed E-state index contributed by atoms with van der Waals surface area (Å²) in [4.78, 5) is 4.28. The van der Waals surface area contributed by atoms with Crippen LogP contribution in [-0.4, -0.2) is 83.4 Å². The van der Waals surface area contributed by atoms with E-state index in [0.717, 1.165) is 12.1 Å². The number of benzene rings is 2. The summed E-state index contributed by atoms with van der Waals surface area (Å²) < 4.78 is 41.0. The molecule has 5 unspecified atom stereocenters. The second kappa shape index (κ2) is 10.6. The van der Waals surface area contributed by atoms with E-state index in [-0.39, 0.29) is 22.6 Å². The minimum atomic E-state index is -1.56. The molecule has 3 heterocycles.